The second kappa shape index (κ2) is 13.4. The Morgan fingerprint density at radius 1 is 1.00 bits per heavy atom. The van der Waals surface area contributed by atoms with Gasteiger partial charge in [-0.3, -0.25) is 4.79 Å². The summed E-state index contributed by atoms with van der Waals surface area (Å²) in [6.07, 6.45) is 9.74. The quantitative estimate of drug-likeness (QED) is 0.343. The summed E-state index contributed by atoms with van der Waals surface area (Å²) in [5.74, 6) is 3.89. The number of Topliss-reactive ketones (excluding diaryl/α,β-unsaturated/α-hetero) is 1. The lowest BCUT2D eigenvalue weighted by atomic mass is 10.1. The molecule has 1 fully saturated rings. The van der Waals surface area contributed by atoms with Gasteiger partial charge in [-0.25, -0.2) is 8.42 Å². The summed E-state index contributed by atoms with van der Waals surface area (Å²) in [4.78, 5) is 11.6. The van der Waals surface area contributed by atoms with E-state index < -0.39 is 10.1 Å². The lowest BCUT2D eigenvalue weighted by Crippen LogP contribution is -2.17. The van der Waals surface area contributed by atoms with Crippen LogP contribution in [0.5, 0.6) is 0 Å². The number of carbonyl (C=O) groups is 1. The fourth-order valence-electron chi connectivity index (χ4n) is 2.23. The van der Waals surface area contributed by atoms with Gasteiger partial charge in [-0.2, -0.15) is 0 Å². The Morgan fingerprint density at radius 3 is 2.05 bits per heavy atom. The van der Waals surface area contributed by atoms with Crippen molar-refractivity contribution in [1.82, 2.24) is 0 Å². The van der Waals surface area contributed by atoms with Crippen molar-refractivity contribution in [2.75, 3.05) is 23.0 Å². The van der Waals surface area contributed by atoms with Gasteiger partial charge in [-0.1, -0.05) is 39.5 Å². The van der Waals surface area contributed by atoms with Gasteiger partial charge >= 0.3 is 0 Å². The van der Waals surface area contributed by atoms with Crippen molar-refractivity contribution in [3.63, 3.8) is 0 Å². The Balaban J connectivity index is 0.000000472. The first kappa shape index (κ1) is 21.9. The molecule has 22 heavy (non-hydrogen) atoms. The summed E-state index contributed by atoms with van der Waals surface area (Å²) < 4.78 is 29.5. The van der Waals surface area contributed by atoms with Crippen molar-refractivity contribution in [3.8, 4) is 0 Å². The molecule has 0 aromatic rings. The van der Waals surface area contributed by atoms with Gasteiger partial charge in [-0.15, -0.1) is 0 Å². The number of hydrogen-bond donors (Lipinski definition) is 0. The zero-order valence-electron chi connectivity index (χ0n) is 14.1. The van der Waals surface area contributed by atoms with Crippen LogP contribution in [-0.4, -0.2) is 41.8 Å². The number of carbonyl (C=O) groups excluding carboxylic acids is 1. The van der Waals surface area contributed by atoms with E-state index in [1.807, 2.05) is 6.92 Å². The van der Waals surface area contributed by atoms with Crippen LogP contribution < -0.4 is 0 Å². The van der Waals surface area contributed by atoms with Crippen molar-refractivity contribution in [2.45, 2.75) is 71.6 Å². The predicted octanol–water partition coefficient (Wildman–Crippen LogP) is 3.27. The molecule has 0 aromatic carbocycles. The van der Waals surface area contributed by atoms with E-state index >= 15 is 0 Å². The number of hydrogen-bond acceptors (Lipinski definition) is 4. The molecule has 0 aliphatic carbocycles. The first-order chi connectivity index (χ1) is 10.4. The molecule has 0 radical (unpaired) electrons. The topological polar surface area (TPSA) is 74.3 Å². The number of unbranched alkanes of at least 4 members (excludes halogenated alkanes) is 4. The van der Waals surface area contributed by atoms with Crippen LogP contribution in [0.2, 0.25) is 0 Å². The largest absolute Gasteiger partial charge is 0.748 e. The molecule has 132 valence electrons. The minimum Gasteiger partial charge on any atom is -0.748 e. The van der Waals surface area contributed by atoms with E-state index in [0.717, 1.165) is 25.0 Å². The van der Waals surface area contributed by atoms with E-state index in [1.54, 1.807) is 0 Å². The maximum absolute atomic E-state index is 11.6. The molecule has 0 amide bonds. The Morgan fingerprint density at radius 2 is 1.59 bits per heavy atom. The van der Waals surface area contributed by atoms with Crippen molar-refractivity contribution >= 4 is 26.8 Å². The van der Waals surface area contributed by atoms with Gasteiger partial charge in [0.25, 0.3) is 0 Å². The molecule has 1 aliphatic rings. The Bertz CT molecular complexity index is 374. The molecule has 0 N–H and O–H groups in total. The smallest absolute Gasteiger partial charge is 0.181 e. The minimum absolute atomic E-state index is 0.219. The third kappa shape index (κ3) is 14.9. The van der Waals surface area contributed by atoms with E-state index in [9.17, 15) is 17.8 Å². The molecule has 0 spiro atoms. The predicted molar refractivity (Wildman–Crippen MR) is 94.4 cm³/mol. The summed E-state index contributed by atoms with van der Waals surface area (Å²) >= 11 is 0. The van der Waals surface area contributed by atoms with E-state index in [-0.39, 0.29) is 5.75 Å². The maximum Gasteiger partial charge on any atom is 0.181 e. The molecule has 0 unspecified atom stereocenters. The molecule has 0 aromatic heterocycles. The van der Waals surface area contributed by atoms with Crippen LogP contribution in [0.4, 0.5) is 0 Å². The molecule has 1 rings (SSSR count). The summed E-state index contributed by atoms with van der Waals surface area (Å²) in [6.45, 7) is 4.05. The summed E-state index contributed by atoms with van der Waals surface area (Å²) in [7, 11) is -3.45. The molecular weight excluding hydrogens is 320 g/mol. The Hall–Kier alpha value is -0.0700. The van der Waals surface area contributed by atoms with Gasteiger partial charge in [0, 0.05) is 12.2 Å². The van der Waals surface area contributed by atoms with Gasteiger partial charge in [0.2, 0.25) is 0 Å². The minimum atomic E-state index is -3.94. The van der Waals surface area contributed by atoms with Gasteiger partial charge in [0.05, 0.1) is 10.1 Å². The van der Waals surface area contributed by atoms with Crippen LogP contribution in [-0.2, 0) is 25.8 Å². The lowest BCUT2D eigenvalue weighted by Gasteiger charge is -2.02. The molecule has 1 heterocycles. The zero-order chi connectivity index (χ0) is 16.8. The Labute approximate surface area is 139 Å². The second-order valence-electron chi connectivity index (χ2n) is 5.84. The van der Waals surface area contributed by atoms with Gasteiger partial charge < -0.3 is 4.55 Å². The van der Waals surface area contributed by atoms with Crippen LogP contribution in [0, 0.1) is 0 Å². The normalized spacial score (nSPS) is 15.4. The molecule has 0 bridgehead atoms. The highest BCUT2D eigenvalue weighted by atomic mass is 32.2. The van der Waals surface area contributed by atoms with Crippen molar-refractivity contribution in [3.05, 3.63) is 0 Å². The van der Waals surface area contributed by atoms with Gasteiger partial charge in [-0.05, 0) is 36.6 Å². The average molecular weight is 353 g/mol. The fourth-order valence-corrected chi connectivity index (χ4v) is 5.19. The zero-order valence-corrected chi connectivity index (χ0v) is 15.8. The lowest BCUT2D eigenvalue weighted by molar-refractivity contribution is -0.116. The molecule has 0 atom stereocenters. The van der Waals surface area contributed by atoms with Crippen molar-refractivity contribution < 1.29 is 17.8 Å². The highest BCUT2D eigenvalue weighted by Crippen LogP contribution is 2.14. The molecule has 0 saturated carbocycles. The van der Waals surface area contributed by atoms with Crippen molar-refractivity contribution in [2.24, 2.45) is 0 Å². The summed E-state index contributed by atoms with van der Waals surface area (Å²) in [6, 6.07) is 0. The highest BCUT2D eigenvalue weighted by Gasteiger charge is 2.26. The van der Waals surface area contributed by atoms with E-state index in [0.29, 0.717) is 23.1 Å². The SMILES string of the molecule is CCCCCCC(=O)C[S+]1CCCC1.CCCCS(=O)(=O)[O-]. The van der Waals surface area contributed by atoms with E-state index in [1.165, 1.54) is 43.6 Å². The second-order valence-corrected chi connectivity index (χ2v) is 9.69. The third-order valence-electron chi connectivity index (χ3n) is 3.54. The molecule has 4 nitrogen and oxygen atoms in total. The van der Waals surface area contributed by atoms with E-state index in [2.05, 4.69) is 6.92 Å². The van der Waals surface area contributed by atoms with E-state index in [4.69, 9.17) is 0 Å². The first-order valence-corrected chi connectivity index (χ1v) is 11.8. The van der Waals surface area contributed by atoms with Gasteiger partial charge in [0.1, 0.15) is 11.5 Å². The van der Waals surface area contributed by atoms with Gasteiger partial charge in [0.15, 0.2) is 11.5 Å². The van der Waals surface area contributed by atoms with Crippen LogP contribution in [0.1, 0.15) is 71.6 Å². The van der Waals surface area contributed by atoms with Crippen LogP contribution in [0.3, 0.4) is 0 Å². The average Bonchev–Trinajstić information content (AvgIpc) is 2.94. The van der Waals surface area contributed by atoms with Crippen LogP contribution in [0.15, 0.2) is 0 Å². The Kier molecular flexibility index (Phi) is 13.3. The first-order valence-electron chi connectivity index (χ1n) is 8.48. The van der Waals surface area contributed by atoms with Crippen LogP contribution in [0.25, 0.3) is 0 Å². The molecule has 1 aliphatic heterocycles. The third-order valence-corrected chi connectivity index (χ3v) is 6.79. The van der Waals surface area contributed by atoms with Crippen LogP contribution >= 0.6 is 0 Å². The molecule has 1 saturated heterocycles. The molecule has 6 heteroatoms. The maximum atomic E-state index is 11.6. The summed E-state index contributed by atoms with van der Waals surface area (Å²) in [5.41, 5.74) is 0. The summed E-state index contributed by atoms with van der Waals surface area (Å²) in [5, 5.41) is 0. The highest BCUT2D eigenvalue weighted by molar-refractivity contribution is 7.97. The fraction of sp³-hybridized carbons (Fsp3) is 0.938. The number of ketones is 1. The van der Waals surface area contributed by atoms with Crippen molar-refractivity contribution in [1.29, 1.82) is 0 Å². The molecular formula is C16H32O4S2. The number of rotatable bonds is 10. The monoisotopic (exact) mass is 352 g/mol. The standard InChI is InChI=1S/C12H23OS.C4H10O3S/c1-2-3-4-5-8-12(13)11-14-9-6-7-10-14;1-2-3-4-8(5,6)7/h2-11H2,1H3;2-4H2,1H3,(H,5,6,7)/q+1;/p-1.